The summed E-state index contributed by atoms with van der Waals surface area (Å²) in [6.07, 6.45) is 9.73. The van der Waals surface area contributed by atoms with Crippen LogP contribution in [0.3, 0.4) is 0 Å². The number of rotatable bonds is 10. The molecule has 2 saturated carbocycles. The maximum absolute atomic E-state index is 5.31. The van der Waals surface area contributed by atoms with Gasteiger partial charge in [0.25, 0.3) is 0 Å². The van der Waals surface area contributed by atoms with Gasteiger partial charge in [-0.1, -0.05) is 33.3 Å². The van der Waals surface area contributed by atoms with Crippen LogP contribution >= 0.6 is 0 Å². The molecule has 29 heavy (non-hydrogen) atoms. The molecule has 0 radical (unpaired) electrons. The summed E-state index contributed by atoms with van der Waals surface area (Å²) in [6.45, 7) is 6.94. The molecule has 0 amide bonds. The molecule has 2 aliphatic carbocycles. The van der Waals surface area contributed by atoms with Crippen LogP contribution in [0, 0.1) is 11.8 Å². The molecular weight excluding hydrogens is 360 g/mol. The molecule has 5 nitrogen and oxygen atoms in total. The maximum Gasteiger partial charge on any atom is 0.213 e. The Hall–Kier alpha value is -1.91. The Bertz CT molecular complexity index is 807. The standard InChI is InChI=1S/C24H36N4O/c1-5-16(3)12-17-13-19(14-17)24-27-26-23(28(24)21-10-11-21)18(6-2)15-20-8-7-9-22(25-20)29-4/h7-9,16-19,21H,5-6,10-15H2,1-4H3. The number of hydrogen-bond donors (Lipinski definition) is 0. The molecule has 2 atom stereocenters. The molecule has 0 spiro atoms. The van der Waals surface area contributed by atoms with Crippen molar-refractivity contribution in [3.05, 3.63) is 35.5 Å². The Morgan fingerprint density at radius 2 is 1.93 bits per heavy atom. The molecule has 5 heteroatoms. The van der Waals surface area contributed by atoms with Crippen molar-refractivity contribution in [2.24, 2.45) is 11.8 Å². The molecular formula is C24H36N4O. The van der Waals surface area contributed by atoms with Gasteiger partial charge in [0.15, 0.2) is 0 Å². The van der Waals surface area contributed by atoms with Gasteiger partial charge in [0.1, 0.15) is 11.6 Å². The third-order valence-corrected chi connectivity index (χ3v) is 7.00. The Morgan fingerprint density at radius 3 is 2.59 bits per heavy atom. The van der Waals surface area contributed by atoms with Crippen molar-refractivity contribution in [3.63, 3.8) is 0 Å². The molecule has 0 aromatic carbocycles. The van der Waals surface area contributed by atoms with E-state index in [1.807, 2.05) is 12.1 Å². The van der Waals surface area contributed by atoms with Gasteiger partial charge in [-0.25, -0.2) is 4.98 Å². The van der Waals surface area contributed by atoms with Gasteiger partial charge in [0, 0.05) is 29.6 Å². The van der Waals surface area contributed by atoms with Crippen LogP contribution < -0.4 is 4.74 Å². The number of methoxy groups -OCH3 is 1. The highest BCUT2D eigenvalue weighted by atomic mass is 16.5. The first-order valence-corrected chi connectivity index (χ1v) is 11.6. The Balaban J connectivity index is 1.50. The van der Waals surface area contributed by atoms with Gasteiger partial charge in [0.05, 0.1) is 7.11 Å². The fourth-order valence-corrected chi connectivity index (χ4v) is 4.81. The van der Waals surface area contributed by atoms with E-state index in [-0.39, 0.29) is 0 Å². The fraction of sp³-hybridized carbons (Fsp3) is 0.708. The molecule has 0 bridgehead atoms. The van der Waals surface area contributed by atoms with Crippen LogP contribution in [0.2, 0.25) is 0 Å². The van der Waals surface area contributed by atoms with E-state index in [1.165, 1.54) is 50.2 Å². The average Bonchev–Trinajstić information content (AvgIpc) is 3.47. The fourth-order valence-electron chi connectivity index (χ4n) is 4.81. The van der Waals surface area contributed by atoms with E-state index in [0.29, 0.717) is 23.8 Å². The first kappa shape index (κ1) is 20.4. The third-order valence-electron chi connectivity index (χ3n) is 7.00. The van der Waals surface area contributed by atoms with Crippen LogP contribution in [0.4, 0.5) is 0 Å². The van der Waals surface area contributed by atoms with Crippen LogP contribution in [0.15, 0.2) is 18.2 Å². The first-order chi connectivity index (χ1) is 14.1. The smallest absolute Gasteiger partial charge is 0.213 e. The zero-order valence-electron chi connectivity index (χ0n) is 18.5. The summed E-state index contributed by atoms with van der Waals surface area (Å²) in [7, 11) is 1.67. The topological polar surface area (TPSA) is 52.8 Å². The van der Waals surface area contributed by atoms with Gasteiger partial charge in [-0.05, 0) is 62.8 Å². The van der Waals surface area contributed by atoms with Crippen LogP contribution in [-0.4, -0.2) is 26.9 Å². The monoisotopic (exact) mass is 396 g/mol. The van der Waals surface area contributed by atoms with Crippen molar-refractivity contribution >= 4 is 0 Å². The van der Waals surface area contributed by atoms with E-state index in [1.54, 1.807) is 7.11 Å². The lowest BCUT2D eigenvalue weighted by molar-refractivity contribution is 0.205. The lowest BCUT2D eigenvalue weighted by Gasteiger charge is -2.36. The number of pyridine rings is 1. The molecule has 2 fully saturated rings. The largest absolute Gasteiger partial charge is 0.481 e. The van der Waals surface area contributed by atoms with E-state index in [0.717, 1.165) is 30.4 Å². The highest BCUT2D eigenvalue weighted by Gasteiger charge is 2.39. The van der Waals surface area contributed by atoms with Crippen LogP contribution in [0.1, 0.15) is 101 Å². The predicted molar refractivity (Wildman–Crippen MR) is 115 cm³/mol. The van der Waals surface area contributed by atoms with Crippen LogP contribution in [-0.2, 0) is 6.42 Å². The van der Waals surface area contributed by atoms with Crippen molar-refractivity contribution in [1.82, 2.24) is 19.7 Å². The summed E-state index contributed by atoms with van der Waals surface area (Å²) in [6, 6.07) is 6.64. The number of hydrogen-bond acceptors (Lipinski definition) is 4. The van der Waals surface area contributed by atoms with Crippen LogP contribution in [0.5, 0.6) is 5.88 Å². The lowest BCUT2D eigenvalue weighted by Crippen LogP contribution is -2.26. The summed E-state index contributed by atoms with van der Waals surface area (Å²) in [4.78, 5) is 4.63. The molecule has 4 rings (SSSR count). The minimum atomic E-state index is 0.354. The van der Waals surface area contributed by atoms with Gasteiger partial charge < -0.3 is 9.30 Å². The van der Waals surface area contributed by atoms with Crippen molar-refractivity contribution in [2.45, 2.75) is 90.0 Å². The third kappa shape index (κ3) is 4.49. The van der Waals surface area contributed by atoms with E-state index >= 15 is 0 Å². The van der Waals surface area contributed by atoms with Crippen LogP contribution in [0.25, 0.3) is 0 Å². The minimum absolute atomic E-state index is 0.354. The summed E-state index contributed by atoms with van der Waals surface area (Å²) in [5.41, 5.74) is 1.07. The van der Waals surface area contributed by atoms with Gasteiger partial charge in [0.2, 0.25) is 5.88 Å². The molecule has 0 N–H and O–H groups in total. The van der Waals surface area contributed by atoms with E-state index < -0.39 is 0 Å². The Morgan fingerprint density at radius 1 is 1.14 bits per heavy atom. The highest BCUT2D eigenvalue weighted by molar-refractivity contribution is 5.19. The Labute approximate surface area is 175 Å². The van der Waals surface area contributed by atoms with Crippen molar-refractivity contribution in [1.29, 1.82) is 0 Å². The summed E-state index contributed by atoms with van der Waals surface area (Å²) in [5.74, 6) is 5.82. The van der Waals surface area contributed by atoms with E-state index in [9.17, 15) is 0 Å². The number of aromatic nitrogens is 4. The quantitative estimate of drug-likeness (QED) is 0.518. The van der Waals surface area contributed by atoms with E-state index in [2.05, 4.69) is 36.4 Å². The van der Waals surface area contributed by atoms with Gasteiger partial charge in [-0.3, -0.25) is 0 Å². The second-order valence-corrected chi connectivity index (χ2v) is 9.28. The molecule has 0 aliphatic heterocycles. The highest BCUT2D eigenvalue weighted by Crippen LogP contribution is 2.48. The average molecular weight is 397 g/mol. The minimum Gasteiger partial charge on any atom is -0.481 e. The number of nitrogens with zero attached hydrogens (tertiary/aromatic N) is 4. The van der Waals surface area contributed by atoms with E-state index in [4.69, 9.17) is 14.9 Å². The zero-order chi connectivity index (χ0) is 20.4. The molecule has 2 aliphatic rings. The summed E-state index contributed by atoms with van der Waals surface area (Å²) < 4.78 is 7.83. The summed E-state index contributed by atoms with van der Waals surface area (Å²) in [5, 5.41) is 9.49. The first-order valence-electron chi connectivity index (χ1n) is 11.6. The van der Waals surface area contributed by atoms with Gasteiger partial charge >= 0.3 is 0 Å². The summed E-state index contributed by atoms with van der Waals surface area (Å²) >= 11 is 0. The number of ether oxygens (including phenoxy) is 1. The molecule has 0 saturated heterocycles. The molecule has 158 valence electrons. The normalized spacial score (nSPS) is 23.4. The van der Waals surface area contributed by atoms with Gasteiger partial charge in [-0.2, -0.15) is 0 Å². The maximum atomic E-state index is 5.31. The van der Waals surface area contributed by atoms with Gasteiger partial charge in [-0.15, -0.1) is 10.2 Å². The molecule has 2 unspecified atom stereocenters. The predicted octanol–water partition coefficient (Wildman–Crippen LogP) is 5.68. The van der Waals surface area contributed by atoms with Crippen molar-refractivity contribution in [3.8, 4) is 5.88 Å². The molecule has 2 aromatic heterocycles. The molecule has 2 aromatic rings. The lowest BCUT2D eigenvalue weighted by atomic mass is 9.70. The Kier molecular flexibility index (Phi) is 6.21. The second-order valence-electron chi connectivity index (χ2n) is 9.28. The van der Waals surface area contributed by atoms with Crippen molar-refractivity contribution in [2.75, 3.05) is 7.11 Å². The SMILES string of the molecule is CCC(C)CC1CC(c2nnc(C(CC)Cc3cccc(OC)n3)n2C2CC2)C1. The zero-order valence-corrected chi connectivity index (χ0v) is 18.5. The van der Waals surface area contributed by atoms with Crippen molar-refractivity contribution < 1.29 is 4.74 Å². The molecule has 2 heterocycles. The second kappa shape index (κ2) is 8.85.